The van der Waals surface area contributed by atoms with E-state index in [4.69, 9.17) is 23.2 Å². The third-order valence-corrected chi connectivity index (χ3v) is 3.61. The number of nitrogens with zero attached hydrogens (tertiary/aromatic N) is 2. The lowest BCUT2D eigenvalue weighted by atomic mass is 10.2. The number of aryl methyl sites for hydroxylation is 1. The van der Waals surface area contributed by atoms with Crippen LogP contribution in [0.25, 0.3) is 16.7 Å². The minimum Gasteiger partial charge on any atom is -0.296 e. The molecule has 20 heavy (non-hydrogen) atoms. The third kappa shape index (κ3) is 2.28. The standard InChI is InChI=1S/C15H11Cl2FN2/c16-8-7-15-19-13-3-1-2-4-14(13)20(15)10-5-6-11(17)12(18)9-10/h1-6,9H,7-8H2. The SMILES string of the molecule is Fc1cc(-n2c(CCCl)nc3ccccc32)ccc1Cl. The number of imidazole rings is 1. The molecule has 2 aromatic carbocycles. The van der Waals surface area contributed by atoms with Gasteiger partial charge in [-0.15, -0.1) is 11.6 Å². The first-order valence-electron chi connectivity index (χ1n) is 6.18. The van der Waals surface area contributed by atoms with Crippen LogP contribution in [0.1, 0.15) is 5.82 Å². The number of aromatic nitrogens is 2. The summed E-state index contributed by atoms with van der Waals surface area (Å²) in [5, 5.41) is 0.108. The molecule has 0 N–H and O–H groups in total. The highest BCUT2D eigenvalue weighted by molar-refractivity contribution is 6.30. The average molecular weight is 309 g/mol. The van der Waals surface area contributed by atoms with Crippen molar-refractivity contribution < 1.29 is 4.39 Å². The van der Waals surface area contributed by atoms with Crippen molar-refractivity contribution in [2.75, 3.05) is 5.88 Å². The fourth-order valence-electron chi connectivity index (χ4n) is 2.24. The summed E-state index contributed by atoms with van der Waals surface area (Å²) in [6.45, 7) is 0. The number of hydrogen-bond acceptors (Lipinski definition) is 1. The van der Waals surface area contributed by atoms with Crippen LogP contribution in [0, 0.1) is 5.82 Å². The zero-order valence-electron chi connectivity index (χ0n) is 10.5. The lowest BCUT2D eigenvalue weighted by Gasteiger charge is -2.09. The number of alkyl halides is 1. The molecule has 0 saturated carbocycles. The Morgan fingerprint density at radius 3 is 2.70 bits per heavy atom. The third-order valence-electron chi connectivity index (χ3n) is 3.11. The zero-order valence-corrected chi connectivity index (χ0v) is 12.0. The fraction of sp³-hybridized carbons (Fsp3) is 0.133. The average Bonchev–Trinajstić information content (AvgIpc) is 2.80. The molecule has 0 bridgehead atoms. The van der Waals surface area contributed by atoms with E-state index in [0.717, 1.165) is 16.9 Å². The maximum absolute atomic E-state index is 13.7. The van der Waals surface area contributed by atoms with Gasteiger partial charge in [-0.2, -0.15) is 0 Å². The summed E-state index contributed by atoms with van der Waals surface area (Å²) in [4.78, 5) is 4.55. The molecule has 2 nitrogen and oxygen atoms in total. The van der Waals surface area contributed by atoms with Crippen LogP contribution in [0.15, 0.2) is 42.5 Å². The molecule has 1 aromatic heterocycles. The van der Waals surface area contributed by atoms with Crippen molar-refractivity contribution in [1.82, 2.24) is 9.55 Å². The molecule has 0 spiro atoms. The number of fused-ring (bicyclic) bond motifs is 1. The lowest BCUT2D eigenvalue weighted by Crippen LogP contribution is -2.02. The minimum absolute atomic E-state index is 0.108. The van der Waals surface area contributed by atoms with E-state index in [0.29, 0.717) is 18.0 Å². The number of rotatable bonds is 3. The first kappa shape index (κ1) is 13.4. The minimum atomic E-state index is -0.446. The van der Waals surface area contributed by atoms with Crippen LogP contribution in [-0.4, -0.2) is 15.4 Å². The van der Waals surface area contributed by atoms with E-state index >= 15 is 0 Å². The second-order valence-corrected chi connectivity index (χ2v) is 5.17. The van der Waals surface area contributed by atoms with E-state index in [2.05, 4.69) is 4.98 Å². The highest BCUT2D eigenvalue weighted by Gasteiger charge is 2.13. The van der Waals surface area contributed by atoms with Gasteiger partial charge in [0.25, 0.3) is 0 Å². The van der Waals surface area contributed by atoms with Gasteiger partial charge in [-0.3, -0.25) is 4.57 Å². The Balaban J connectivity index is 2.26. The molecule has 0 aliphatic carbocycles. The quantitative estimate of drug-likeness (QED) is 0.647. The van der Waals surface area contributed by atoms with Crippen molar-refractivity contribution in [3.05, 3.63) is 59.1 Å². The van der Waals surface area contributed by atoms with Gasteiger partial charge in [0.05, 0.1) is 21.7 Å². The van der Waals surface area contributed by atoms with Crippen molar-refractivity contribution in [3.63, 3.8) is 0 Å². The molecule has 0 saturated heterocycles. The molecule has 0 aliphatic rings. The van der Waals surface area contributed by atoms with Gasteiger partial charge < -0.3 is 0 Å². The van der Waals surface area contributed by atoms with Gasteiger partial charge in [0.2, 0.25) is 0 Å². The molecular formula is C15H11Cl2FN2. The first-order chi connectivity index (χ1) is 9.70. The van der Waals surface area contributed by atoms with E-state index in [-0.39, 0.29) is 5.02 Å². The van der Waals surface area contributed by atoms with Crippen LogP contribution in [0.5, 0.6) is 0 Å². The van der Waals surface area contributed by atoms with Crippen molar-refractivity contribution in [2.45, 2.75) is 6.42 Å². The van der Waals surface area contributed by atoms with Gasteiger partial charge in [0.15, 0.2) is 0 Å². The van der Waals surface area contributed by atoms with Gasteiger partial charge in [-0.1, -0.05) is 23.7 Å². The number of hydrogen-bond donors (Lipinski definition) is 0. The van der Waals surface area contributed by atoms with E-state index in [9.17, 15) is 4.39 Å². The Morgan fingerprint density at radius 2 is 1.95 bits per heavy atom. The van der Waals surface area contributed by atoms with Crippen LogP contribution < -0.4 is 0 Å². The fourth-order valence-corrected chi connectivity index (χ4v) is 2.53. The molecule has 0 unspecified atom stereocenters. The summed E-state index contributed by atoms with van der Waals surface area (Å²) < 4.78 is 15.6. The monoisotopic (exact) mass is 308 g/mol. The first-order valence-corrected chi connectivity index (χ1v) is 7.09. The second-order valence-electron chi connectivity index (χ2n) is 4.39. The van der Waals surface area contributed by atoms with Gasteiger partial charge in [0.1, 0.15) is 11.6 Å². The molecule has 0 aliphatic heterocycles. The van der Waals surface area contributed by atoms with Crippen molar-refractivity contribution in [3.8, 4) is 5.69 Å². The zero-order chi connectivity index (χ0) is 14.1. The van der Waals surface area contributed by atoms with Gasteiger partial charge >= 0.3 is 0 Å². The molecule has 3 aromatic rings. The van der Waals surface area contributed by atoms with Crippen molar-refractivity contribution in [1.29, 1.82) is 0 Å². The Morgan fingerprint density at radius 1 is 1.15 bits per heavy atom. The molecule has 0 radical (unpaired) electrons. The highest BCUT2D eigenvalue weighted by Crippen LogP contribution is 2.25. The van der Waals surface area contributed by atoms with E-state index in [1.54, 1.807) is 12.1 Å². The largest absolute Gasteiger partial charge is 0.296 e. The molecule has 5 heteroatoms. The summed E-state index contributed by atoms with van der Waals surface area (Å²) in [7, 11) is 0. The van der Waals surface area contributed by atoms with Crippen LogP contribution in [0.2, 0.25) is 5.02 Å². The Hall–Kier alpha value is -1.58. The molecule has 3 rings (SSSR count). The number of benzene rings is 2. The van der Waals surface area contributed by atoms with Gasteiger partial charge in [-0.25, -0.2) is 9.37 Å². The number of halogens is 3. The van der Waals surface area contributed by atoms with E-state index in [1.807, 2.05) is 28.8 Å². The molecular weight excluding hydrogens is 298 g/mol. The lowest BCUT2D eigenvalue weighted by molar-refractivity contribution is 0.627. The van der Waals surface area contributed by atoms with E-state index < -0.39 is 5.82 Å². The summed E-state index contributed by atoms with van der Waals surface area (Å²) in [6, 6.07) is 12.5. The molecule has 0 amide bonds. The topological polar surface area (TPSA) is 17.8 Å². The Bertz CT molecular complexity index is 768. The van der Waals surface area contributed by atoms with Crippen LogP contribution in [-0.2, 0) is 6.42 Å². The van der Waals surface area contributed by atoms with Crippen molar-refractivity contribution >= 4 is 34.2 Å². The van der Waals surface area contributed by atoms with Crippen LogP contribution in [0.4, 0.5) is 4.39 Å². The summed E-state index contributed by atoms with van der Waals surface area (Å²) in [5.74, 6) is 0.820. The van der Waals surface area contributed by atoms with Gasteiger partial charge in [-0.05, 0) is 30.3 Å². The predicted octanol–water partition coefficient (Wildman–Crippen LogP) is 4.60. The highest BCUT2D eigenvalue weighted by atomic mass is 35.5. The Labute approximate surface area is 125 Å². The van der Waals surface area contributed by atoms with Crippen molar-refractivity contribution in [2.24, 2.45) is 0 Å². The second kappa shape index (κ2) is 5.43. The summed E-state index contributed by atoms with van der Waals surface area (Å²) in [6.07, 6.45) is 0.612. The van der Waals surface area contributed by atoms with Crippen LogP contribution >= 0.6 is 23.2 Å². The maximum atomic E-state index is 13.7. The molecule has 0 fully saturated rings. The molecule has 1 heterocycles. The normalized spacial score (nSPS) is 11.2. The summed E-state index contributed by atoms with van der Waals surface area (Å²) in [5.41, 5.74) is 2.48. The van der Waals surface area contributed by atoms with Gasteiger partial charge in [0, 0.05) is 12.3 Å². The van der Waals surface area contributed by atoms with Crippen LogP contribution in [0.3, 0.4) is 0 Å². The molecule has 102 valence electrons. The smallest absolute Gasteiger partial charge is 0.143 e. The number of para-hydroxylation sites is 2. The maximum Gasteiger partial charge on any atom is 0.143 e. The molecule has 0 atom stereocenters. The summed E-state index contributed by atoms with van der Waals surface area (Å²) >= 11 is 11.6. The van der Waals surface area contributed by atoms with E-state index in [1.165, 1.54) is 6.07 Å². The predicted molar refractivity (Wildman–Crippen MR) is 80.5 cm³/mol. The Kier molecular flexibility index (Phi) is 3.64.